The van der Waals surface area contributed by atoms with Crippen LogP contribution >= 0.6 is 0 Å². The molecular weight excluding hydrogens is 266 g/mol. The fourth-order valence-corrected chi connectivity index (χ4v) is 2.25. The van der Waals surface area contributed by atoms with E-state index in [9.17, 15) is 4.79 Å². The van der Waals surface area contributed by atoms with E-state index in [-0.39, 0.29) is 0 Å². The maximum Gasteiger partial charge on any atom is 0.328 e. The van der Waals surface area contributed by atoms with Crippen LogP contribution in [0.5, 0.6) is 5.75 Å². The summed E-state index contributed by atoms with van der Waals surface area (Å²) in [6.07, 6.45) is 3.84. The SMILES string of the molecule is CCC(C)N(CC)Cc1cc(C=CC(=O)O)ccc1OC. The molecule has 0 saturated carbocycles. The van der Waals surface area contributed by atoms with Crippen LogP contribution in [0.1, 0.15) is 38.3 Å². The van der Waals surface area contributed by atoms with E-state index in [1.807, 2.05) is 18.2 Å². The largest absolute Gasteiger partial charge is 0.496 e. The van der Waals surface area contributed by atoms with Crippen LogP contribution in [0.4, 0.5) is 0 Å². The van der Waals surface area contributed by atoms with E-state index in [1.165, 1.54) is 0 Å². The zero-order valence-electron chi connectivity index (χ0n) is 13.3. The van der Waals surface area contributed by atoms with Gasteiger partial charge in [-0.3, -0.25) is 4.90 Å². The van der Waals surface area contributed by atoms with Crippen molar-refractivity contribution in [1.29, 1.82) is 0 Å². The Kier molecular flexibility index (Phi) is 6.96. The highest BCUT2D eigenvalue weighted by atomic mass is 16.5. The van der Waals surface area contributed by atoms with Crippen LogP contribution in [-0.2, 0) is 11.3 Å². The van der Waals surface area contributed by atoms with E-state index in [0.717, 1.165) is 42.5 Å². The summed E-state index contributed by atoms with van der Waals surface area (Å²) in [5.41, 5.74) is 1.94. The second kappa shape index (κ2) is 8.47. The van der Waals surface area contributed by atoms with Gasteiger partial charge in [0.15, 0.2) is 0 Å². The molecule has 0 spiro atoms. The van der Waals surface area contributed by atoms with Gasteiger partial charge in [0.1, 0.15) is 5.75 Å². The zero-order chi connectivity index (χ0) is 15.8. The molecule has 0 aromatic heterocycles. The quantitative estimate of drug-likeness (QED) is 0.746. The Balaban J connectivity index is 3.02. The van der Waals surface area contributed by atoms with Crippen molar-refractivity contribution in [3.05, 3.63) is 35.4 Å². The van der Waals surface area contributed by atoms with Crippen molar-refractivity contribution >= 4 is 12.0 Å². The molecule has 21 heavy (non-hydrogen) atoms. The highest BCUT2D eigenvalue weighted by Crippen LogP contribution is 2.23. The minimum Gasteiger partial charge on any atom is -0.496 e. The van der Waals surface area contributed by atoms with E-state index in [4.69, 9.17) is 9.84 Å². The Morgan fingerprint density at radius 3 is 2.67 bits per heavy atom. The summed E-state index contributed by atoms with van der Waals surface area (Å²) in [5, 5.41) is 8.71. The average molecular weight is 291 g/mol. The van der Waals surface area contributed by atoms with Crippen molar-refractivity contribution in [3.8, 4) is 5.75 Å². The van der Waals surface area contributed by atoms with Crippen molar-refractivity contribution in [1.82, 2.24) is 4.90 Å². The van der Waals surface area contributed by atoms with Gasteiger partial charge in [0.05, 0.1) is 7.11 Å². The van der Waals surface area contributed by atoms with Gasteiger partial charge in [0.2, 0.25) is 0 Å². The third kappa shape index (κ3) is 5.23. The third-order valence-corrected chi connectivity index (χ3v) is 3.72. The molecular formula is C17H25NO3. The maximum absolute atomic E-state index is 10.6. The van der Waals surface area contributed by atoms with E-state index in [2.05, 4.69) is 25.7 Å². The van der Waals surface area contributed by atoms with Gasteiger partial charge in [0, 0.05) is 24.2 Å². The molecule has 116 valence electrons. The molecule has 0 fully saturated rings. The van der Waals surface area contributed by atoms with Gasteiger partial charge in [-0.15, -0.1) is 0 Å². The van der Waals surface area contributed by atoms with Gasteiger partial charge < -0.3 is 9.84 Å². The Bertz CT molecular complexity index is 497. The predicted molar refractivity (Wildman–Crippen MR) is 85.5 cm³/mol. The lowest BCUT2D eigenvalue weighted by Gasteiger charge is -2.27. The fourth-order valence-electron chi connectivity index (χ4n) is 2.25. The molecule has 4 heteroatoms. The van der Waals surface area contributed by atoms with Gasteiger partial charge in [-0.05, 0) is 43.7 Å². The molecule has 0 amide bonds. The van der Waals surface area contributed by atoms with Crippen LogP contribution < -0.4 is 4.74 Å². The Morgan fingerprint density at radius 2 is 2.14 bits per heavy atom. The van der Waals surface area contributed by atoms with Crippen LogP contribution in [0, 0.1) is 0 Å². The van der Waals surface area contributed by atoms with Gasteiger partial charge >= 0.3 is 5.97 Å². The van der Waals surface area contributed by atoms with E-state index < -0.39 is 5.97 Å². The van der Waals surface area contributed by atoms with Gasteiger partial charge in [-0.2, -0.15) is 0 Å². The number of carboxylic acid groups (broad SMARTS) is 1. The van der Waals surface area contributed by atoms with E-state index >= 15 is 0 Å². The monoisotopic (exact) mass is 291 g/mol. The number of ether oxygens (including phenoxy) is 1. The summed E-state index contributed by atoms with van der Waals surface area (Å²) >= 11 is 0. The first-order valence-corrected chi connectivity index (χ1v) is 7.33. The zero-order valence-corrected chi connectivity index (χ0v) is 13.3. The minimum atomic E-state index is -0.942. The summed E-state index contributed by atoms with van der Waals surface area (Å²) in [4.78, 5) is 13.0. The normalized spacial score (nSPS) is 12.8. The molecule has 0 aliphatic carbocycles. The van der Waals surface area contributed by atoms with Crippen LogP contribution in [-0.4, -0.2) is 35.7 Å². The predicted octanol–water partition coefficient (Wildman–Crippen LogP) is 3.41. The van der Waals surface area contributed by atoms with Gasteiger partial charge in [0.25, 0.3) is 0 Å². The number of hydrogen-bond donors (Lipinski definition) is 1. The first-order chi connectivity index (χ1) is 10.0. The number of rotatable bonds is 8. The number of benzene rings is 1. The molecule has 4 nitrogen and oxygen atoms in total. The van der Waals surface area contributed by atoms with E-state index in [1.54, 1.807) is 13.2 Å². The van der Waals surface area contributed by atoms with Crippen LogP contribution in [0.2, 0.25) is 0 Å². The second-order valence-electron chi connectivity index (χ2n) is 5.06. The molecule has 0 aliphatic rings. The number of carboxylic acids is 1. The average Bonchev–Trinajstić information content (AvgIpc) is 2.49. The molecule has 1 aromatic rings. The molecule has 1 unspecified atom stereocenters. The van der Waals surface area contributed by atoms with Crippen molar-refractivity contribution < 1.29 is 14.6 Å². The smallest absolute Gasteiger partial charge is 0.328 e. The molecule has 1 rings (SSSR count). The minimum absolute atomic E-state index is 0.498. The van der Waals surface area contributed by atoms with Crippen molar-refractivity contribution in [3.63, 3.8) is 0 Å². The topological polar surface area (TPSA) is 49.8 Å². The van der Waals surface area contributed by atoms with Crippen molar-refractivity contribution in [2.75, 3.05) is 13.7 Å². The fraction of sp³-hybridized carbons (Fsp3) is 0.471. The summed E-state index contributed by atoms with van der Waals surface area (Å²) in [5.74, 6) is -0.105. The molecule has 0 bridgehead atoms. The molecule has 1 aromatic carbocycles. The maximum atomic E-state index is 10.6. The summed E-state index contributed by atoms with van der Waals surface area (Å²) < 4.78 is 5.42. The van der Waals surface area contributed by atoms with Gasteiger partial charge in [-0.25, -0.2) is 4.79 Å². The molecule has 1 N–H and O–H groups in total. The number of carbonyl (C=O) groups is 1. The van der Waals surface area contributed by atoms with Crippen LogP contribution in [0.25, 0.3) is 6.08 Å². The first-order valence-electron chi connectivity index (χ1n) is 7.33. The molecule has 0 aliphatic heterocycles. The highest BCUT2D eigenvalue weighted by Gasteiger charge is 2.13. The molecule has 1 atom stereocenters. The second-order valence-corrected chi connectivity index (χ2v) is 5.06. The van der Waals surface area contributed by atoms with Gasteiger partial charge in [-0.1, -0.05) is 19.9 Å². The van der Waals surface area contributed by atoms with Crippen LogP contribution in [0.15, 0.2) is 24.3 Å². The molecule has 0 radical (unpaired) electrons. The molecule has 0 saturated heterocycles. The number of hydrogen-bond acceptors (Lipinski definition) is 3. The lowest BCUT2D eigenvalue weighted by atomic mass is 10.1. The highest BCUT2D eigenvalue weighted by molar-refractivity contribution is 5.85. The standard InChI is InChI=1S/C17H25NO3/c1-5-13(3)18(6-2)12-15-11-14(8-10-17(19)20)7-9-16(15)21-4/h7-11,13H,5-6,12H2,1-4H3,(H,19,20). The number of nitrogens with zero attached hydrogens (tertiary/aromatic N) is 1. The lowest BCUT2D eigenvalue weighted by molar-refractivity contribution is -0.131. The number of aliphatic carboxylic acids is 1. The van der Waals surface area contributed by atoms with Crippen molar-refractivity contribution in [2.45, 2.75) is 39.8 Å². The van der Waals surface area contributed by atoms with Crippen molar-refractivity contribution in [2.24, 2.45) is 0 Å². The van der Waals surface area contributed by atoms with Crippen LogP contribution in [0.3, 0.4) is 0 Å². The summed E-state index contributed by atoms with van der Waals surface area (Å²) in [6, 6.07) is 6.24. The Labute approximate surface area is 127 Å². The molecule has 0 heterocycles. The Hall–Kier alpha value is -1.81. The summed E-state index contributed by atoms with van der Waals surface area (Å²) in [7, 11) is 1.66. The van der Waals surface area contributed by atoms with E-state index in [0.29, 0.717) is 6.04 Å². The third-order valence-electron chi connectivity index (χ3n) is 3.72. The first kappa shape index (κ1) is 17.2. The summed E-state index contributed by atoms with van der Waals surface area (Å²) in [6.45, 7) is 8.30. The lowest BCUT2D eigenvalue weighted by Crippen LogP contribution is -2.31. The Morgan fingerprint density at radius 1 is 1.43 bits per heavy atom. The number of methoxy groups -OCH3 is 1.